The van der Waals surface area contributed by atoms with Crippen LogP contribution in [-0.4, -0.2) is 34.4 Å². The Morgan fingerprint density at radius 3 is 2.43 bits per heavy atom. The Morgan fingerprint density at radius 1 is 1.18 bits per heavy atom. The summed E-state index contributed by atoms with van der Waals surface area (Å²) in [6.45, 7) is 1.29. The lowest BCUT2D eigenvalue weighted by Crippen LogP contribution is -2.28. The fraction of sp³-hybridized carbons (Fsp3) is 0.389. The number of amides is 1. The lowest BCUT2D eigenvalue weighted by atomic mass is 10.1. The Kier molecular flexibility index (Phi) is 6.76. The number of alkyl halides is 3. The Morgan fingerprint density at radius 2 is 1.82 bits per heavy atom. The third-order valence-electron chi connectivity index (χ3n) is 3.95. The van der Waals surface area contributed by atoms with Crippen LogP contribution in [0.5, 0.6) is 0 Å². The van der Waals surface area contributed by atoms with Crippen LogP contribution in [-0.2, 0) is 33.8 Å². The highest BCUT2D eigenvalue weighted by atomic mass is 19.4. The standard InChI is InChI=1S/C18H19F4N3O3/c1-11-15(12(2)25(24-11)10-18(20,21)22)7-17(27)28-9-16(26)23-8-13-3-5-14(19)6-4-13/h3-6H,7-10H2,1-2H3,(H,23,26). The van der Waals surface area contributed by atoms with E-state index in [1.165, 1.54) is 38.1 Å². The number of nitrogens with one attached hydrogen (secondary N) is 1. The van der Waals surface area contributed by atoms with Crippen molar-refractivity contribution in [3.8, 4) is 0 Å². The summed E-state index contributed by atoms with van der Waals surface area (Å²) in [7, 11) is 0. The first-order valence-corrected chi connectivity index (χ1v) is 8.31. The largest absolute Gasteiger partial charge is 0.455 e. The molecule has 2 aromatic rings. The SMILES string of the molecule is Cc1nn(CC(F)(F)F)c(C)c1CC(=O)OCC(=O)NCc1ccc(F)cc1. The van der Waals surface area contributed by atoms with Gasteiger partial charge in [0.05, 0.1) is 12.1 Å². The van der Waals surface area contributed by atoms with E-state index in [2.05, 4.69) is 10.4 Å². The highest BCUT2D eigenvalue weighted by molar-refractivity contribution is 5.81. The van der Waals surface area contributed by atoms with Crippen LogP contribution in [0.15, 0.2) is 24.3 Å². The number of esters is 1. The minimum atomic E-state index is -4.43. The third kappa shape index (κ3) is 6.36. The average molecular weight is 401 g/mol. The molecule has 0 spiro atoms. The van der Waals surface area contributed by atoms with E-state index >= 15 is 0 Å². The first kappa shape index (κ1) is 21.4. The molecule has 0 saturated heterocycles. The molecule has 0 fully saturated rings. The van der Waals surface area contributed by atoms with Gasteiger partial charge in [-0.3, -0.25) is 14.3 Å². The predicted molar refractivity (Wildman–Crippen MR) is 90.7 cm³/mol. The Balaban J connectivity index is 1.83. The topological polar surface area (TPSA) is 73.2 Å². The summed E-state index contributed by atoms with van der Waals surface area (Å²) in [5, 5.41) is 6.31. The van der Waals surface area contributed by atoms with E-state index < -0.39 is 37.0 Å². The molecule has 0 aliphatic heterocycles. The fourth-order valence-corrected chi connectivity index (χ4v) is 2.51. The molecule has 0 aliphatic carbocycles. The molecule has 0 atom stereocenters. The number of halogens is 4. The summed E-state index contributed by atoms with van der Waals surface area (Å²) in [6.07, 6.45) is -4.72. The van der Waals surface area contributed by atoms with Gasteiger partial charge in [0, 0.05) is 17.8 Å². The number of hydrogen-bond donors (Lipinski definition) is 1. The van der Waals surface area contributed by atoms with Crippen LogP contribution < -0.4 is 5.32 Å². The second kappa shape index (κ2) is 8.85. The number of aryl methyl sites for hydroxylation is 1. The number of aromatic nitrogens is 2. The van der Waals surface area contributed by atoms with Crippen molar-refractivity contribution >= 4 is 11.9 Å². The Labute approximate surface area is 158 Å². The normalized spacial score (nSPS) is 11.4. The number of carbonyl (C=O) groups excluding carboxylic acids is 2. The molecule has 0 radical (unpaired) electrons. The van der Waals surface area contributed by atoms with Crippen LogP contribution in [0.1, 0.15) is 22.5 Å². The lowest BCUT2D eigenvalue weighted by Gasteiger charge is -2.09. The van der Waals surface area contributed by atoms with E-state index in [0.29, 0.717) is 16.8 Å². The minimum absolute atomic E-state index is 0.138. The fourth-order valence-electron chi connectivity index (χ4n) is 2.51. The van der Waals surface area contributed by atoms with Crippen LogP contribution in [0.2, 0.25) is 0 Å². The molecule has 28 heavy (non-hydrogen) atoms. The smallest absolute Gasteiger partial charge is 0.408 e. The maximum absolute atomic E-state index is 12.8. The van der Waals surface area contributed by atoms with Crippen LogP contribution >= 0.6 is 0 Å². The van der Waals surface area contributed by atoms with Gasteiger partial charge in [-0.2, -0.15) is 18.3 Å². The van der Waals surface area contributed by atoms with Gasteiger partial charge in [-0.1, -0.05) is 12.1 Å². The summed E-state index contributed by atoms with van der Waals surface area (Å²) >= 11 is 0. The third-order valence-corrected chi connectivity index (χ3v) is 3.95. The molecule has 10 heteroatoms. The zero-order valence-corrected chi connectivity index (χ0v) is 15.3. The molecule has 1 amide bonds. The molecule has 1 N–H and O–H groups in total. The van der Waals surface area contributed by atoms with E-state index in [4.69, 9.17) is 4.74 Å². The van der Waals surface area contributed by atoms with Gasteiger partial charge in [-0.05, 0) is 31.5 Å². The van der Waals surface area contributed by atoms with E-state index in [-0.39, 0.29) is 18.7 Å². The molecule has 152 valence electrons. The molecule has 1 aromatic heterocycles. The highest BCUT2D eigenvalue weighted by Crippen LogP contribution is 2.21. The van der Waals surface area contributed by atoms with Crippen LogP contribution in [0.4, 0.5) is 17.6 Å². The molecule has 0 unspecified atom stereocenters. The van der Waals surface area contributed by atoms with Crippen molar-refractivity contribution in [1.82, 2.24) is 15.1 Å². The van der Waals surface area contributed by atoms with Gasteiger partial charge in [0.1, 0.15) is 12.4 Å². The number of nitrogens with zero attached hydrogens (tertiary/aromatic N) is 2. The van der Waals surface area contributed by atoms with Crippen molar-refractivity contribution in [2.24, 2.45) is 0 Å². The molecular weight excluding hydrogens is 382 g/mol. The second-order valence-corrected chi connectivity index (χ2v) is 6.16. The molecule has 0 aliphatic rings. The van der Waals surface area contributed by atoms with E-state index in [9.17, 15) is 27.2 Å². The monoisotopic (exact) mass is 401 g/mol. The number of rotatable bonds is 7. The number of hydrogen-bond acceptors (Lipinski definition) is 4. The van der Waals surface area contributed by atoms with E-state index in [1.54, 1.807) is 0 Å². The summed E-state index contributed by atoms with van der Waals surface area (Å²) in [4.78, 5) is 23.7. The molecule has 1 aromatic carbocycles. The summed E-state index contributed by atoms with van der Waals surface area (Å²) in [5.41, 5.74) is 1.51. The summed E-state index contributed by atoms with van der Waals surface area (Å²) in [6, 6.07) is 5.52. The zero-order valence-electron chi connectivity index (χ0n) is 15.3. The average Bonchev–Trinajstić information content (AvgIpc) is 2.85. The number of benzene rings is 1. The Hall–Kier alpha value is -2.91. The molecule has 2 rings (SSSR count). The van der Waals surface area contributed by atoms with Gasteiger partial charge in [-0.25, -0.2) is 4.39 Å². The number of carbonyl (C=O) groups is 2. The van der Waals surface area contributed by atoms with Crippen molar-refractivity contribution < 1.29 is 31.9 Å². The van der Waals surface area contributed by atoms with Gasteiger partial charge >= 0.3 is 12.1 Å². The molecule has 0 bridgehead atoms. The van der Waals surface area contributed by atoms with Crippen LogP contribution in [0.25, 0.3) is 0 Å². The van der Waals surface area contributed by atoms with Crippen molar-refractivity contribution in [3.05, 3.63) is 52.6 Å². The maximum atomic E-state index is 12.8. The quantitative estimate of drug-likeness (QED) is 0.572. The van der Waals surface area contributed by atoms with E-state index in [1.807, 2.05) is 0 Å². The van der Waals surface area contributed by atoms with Crippen molar-refractivity contribution in [3.63, 3.8) is 0 Å². The molecule has 6 nitrogen and oxygen atoms in total. The first-order valence-electron chi connectivity index (χ1n) is 8.31. The van der Waals surface area contributed by atoms with Crippen LogP contribution in [0, 0.1) is 19.7 Å². The number of ether oxygens (including phenoxy) is 1. The van der Waals surface area contributed by atoms with Crippen LogP contribution in [0.3, 0.4) is 0 Å². The zero-order chi connectivity index (χ0) is 20.9. The van der Waals surface area contributed by atoms with Crippen molar-refractivity contribution in [2.45, 2.75) is 39.5 Å². The highest BCUT2D eigenvalue weighted by Gasteiger charge is 2.30. The Bertz CT molecular complexity index is 845. The van der Waals surface area contributed by atoms with Gasteiger partial charge in [0.25, 0.3) is 5.91 Å². The van der Waals surface area contributed by atoms with Gasteiger partial charge < -0.3 is 10.1 Å². The molecule has 1 heterocycles. The van der Waals surface area contributed by atoms with E-state index in [0.717, 1.165) is 4.68 Å². The van der Waals surface area contributed by atoms with Crippen molar-refractivity contribution in [2.75, 3.05) is 6.61 Å². The predicted octanol–water partition coefficient (Wildman–Crippen LogP) is 2.60. The minimum Gasteiger partial charge on any atom is -0.455 e. The summed E-state index contributed by atoms with van der Waals surface area (Å²) in [5.74, 6) is -1.71. The molecular formula is C18H19F4N3O3. The first-order chi connectivity index (χ1) is 13.0. The molecule has 0 saturated carbocycles. The maximum Gasteiger partial charge on any atom is 0.408 e. The van der Waals surface area contributed by atoms with Gasteiger partial charge in [0.2, 0.25) is 0 Å². The summed E-state index contributed by atoms with van der Waals surface area (Å²) < 4.78 is 56.1. The van der Waals surface area contributed by atoms with Crippen molar-refractivity contribution in [1.29, 1.82) is 0 Å². The second-order valence-electron chi connectivity index (χ2n) is 6.16. The lowest BCUT2D eigenvalue weighted by molar-refractivity contribution is -0.147. The van der Waals surface area contributed by atoms with Gasteiger partial charge in [-0.15, -0.1) is 0 Å². The van der Waals surface area contributed by atoms with Gasteiger partial charge in [0.15, 0.2) is 6.61 Å².